The first-order valence-electron chi connectivity index (χ1n) is 9.40. The smallest absolute Gasteiger partial charge is 0.255 e. The molecule has 0 spiro atoms. The normalized spacial score (nSPS) is 20.4. The van der Waals surface area contributed by atoms with Crippen molar-refractivity contribution < 1.29 is 14.0 Å². The number of benzene rings is 2. The molecule has 0 radical (unpaired) electrons. The number of amides is 2. The molecule has 0 aromatic heterocycles. The zero-order valence-electron chi connectivity index (χ0n) is 15.6. The molecule has 2 unspecified atom stereocenters. The lowest BCUT2D eigenvalue weighted by atomic mass is 9.82. The fourth-order valence-corrected chi connectivity index (χ4v) is 3.75. The summed E-state index contributed by atoms with van der Waals surface area (Å²) in [5, 5.41) is 11.7. The molecule has 29 heavy (non-hydrogen) atoms. The number of fused-ring (bicyclic) bond motifs is 1. The summed E-state index contributed by atoms with van der Waals surface area (Å²) >= 11 is 0. The van der Waals surface area contributed by atoms with Gasteiger partial charge in [-0.05, 0) is 48.6 Å². The van der Waals surface area contributed by atoms with Crippen LogP contribution in [0.25, 0.3) is 0 Å². The van der Waals surface area contributed by atoms with Gasteiger partial charge in [-0.2, -0.15) is 5.26 Å². The van der Waals surface area contributed by atoms with E-state index in [0.29, 0.717) is 29.3 Å². The first kappa shape index (κ1) is 18.7. The Bertz CT molecular complexity index is 1080. The Kier molecular flexibility index (Phi) is 4.78. The zero-order chi connectivity index (χ0) is 20.5. The van der Waals surface area contributed by atoms with E-state index >= 15 is 0 Å². The van der Waals surface area contributed by atoms with Gasteiger partial charge in [-0.15, -0.1) is 6.42 Å². The Balaban J connectivity index is 1.70. The monoisotopic (exact) mass is 387 g/mol. The van der Waals surface area contributed by atoms with Crippen LogP contribution in [0.4, 0.5) is 10.1 Å². The molecule has 1 heterocycles. The number of nitrogens with zero attached hydrogens (tertiary/aromatic N) is 2. The van der Waals surface area contributed by atoms with Gasteiger partial charge in [0, 0.05) is 17.8 Å². The van der Waals surface area contributed by atoms with Crippen LogP contribution in [0.2, 0.25) is 0 Å². The number of hydrogen-bond acceptors (Lipinski definition) is 3. The van der Waals surface area contributed by atoms with Gasteiger partial charge in [-0.25, -0.2) is 4.39 Å². The van der Waals surface area contributed by atoms with E-state index in [-0.39, 0.29) is 11.5 Å². The Morgan fingerprint density at radius 3 is 2.72 bits per heavy atom. The maximum absolute atomic E-state index is 13.6. The summed E-state index contributed by atoms with van der Waals surface area (Å²) in [4.78, 5) is 27.9. The van der Waals surface area contributed by atoms with Gasteiger partial charge in [0.2, 0.25) is 5.91 Å². The van der Waals surface area contributed by atoms with Gasteiger partial charge in [-0.3, -0.25) is 9.59 Å². The van der Waals surface area contributed by atoms with E-state index in [0.717, 1.165) is 18.9 Å². The molecule has 2 atom stereocenters. The maximum Gasteiger partial charge on any atom is 0.255 e. The van der Waals surface area contributed by atoms with Crippen molar-refractivity contribution in [2.45, 2.75) is 24.8 Å². The second kappa shape index (κ2) is 7.41. The van der Waals surface area contributed by atoms with Crippen molar-refractivity contribution >= 4 is 17.5 Å². The summed E-state index contributed by atoms with van der Waals surface area (Å²) in [5.74, 6) is 1.08. The average molecular weight is 387 g/mol. The van der Waals surface area contributed by atoms with Crippen LogP contribution in [0, 0.1) is 35.4 Å². The molecule has 1 N–H and O–H groups in total. The number of nitrogens with one attached hydrogen (secondary N) is 1. The van der Waals surface area contributed by atoms with E-state index < -0.39 is 23.7 Å². The first-order chi connectivity index (χ1) is 14.0. The minimum atomic E-state index is -0.761. The minimum Gasteiger partial charge on any atom is -0.325 e. The van der Waals surface area contributed by atoms with Gasteiger partial charge < -0.3 is 10.2 Å². The van der Waals surface area contributed by atoms with Crippen LogP contribution in [0.1, 0.15) is 40.2 Å². The van der Waals surface area contributed by atoms with Crippen molar-refractivity contribution in [1.82, 2.24) is 4.90 Å². The third kappa shape index (κ3) is 3.46. The number of rotatable bonds is 4. The van der Waals surface area contributed by atoms with Gasteiger partial charge in [0.15, 0.2) is 0 Å². The number of carbonyl (C=O) groups is 2. The summed E-state index contributed by atoms with van der Waals surface area (Å²) in [7, 11) is 0. The molecule has 0 bridgehead atoms. The molecule has 6 heteroatoms. The molecule has 1 aliphatic carbocycles. The molecule has 4 rings (SSSR count). The number of terminal acetylenes is 1. The van der Waals surface area contributed by atoms with Crippen LogP contribution in [-0.2, 0) is 4.79 Å². The first-order valence-corrected chi connectivity index (χ1v) is 9.40. The molecular weight excluding hydrogens is 369 g/mol. The molecule has 2 aromatic carbocycles. The lowest BCUT2D eigenvalue weighted by Crippen LogP contribution is -2.51. The zero-order valence-corrected chi connectivity index (χ0v) is 15.6. The van der Waals surface area contributed by atoms with Crippen LogP contribution >= 0.6 is 0 Å². The third-order valence-electron chi connectivity index (χ3n) is 5.40. The lowest BCUT2D eigenvalue weighted by Gasteiger charge is -2.39. The van der Waals surface area contributed by atoms with Gasteiger partial charge in [0.1, 0.15) is 17.9 Å². The molecular formula is C23H18FN3O2. The average Bonchev–Trinajstić information content (AvgIpc) is 3.55. The van der Waals surface area contributed by atoms with Gasteiger partial charge in [0.25, 0.3) is 5.91 Å². The molecule has 2 aliphatic rings. The molecule has 2 aromatic rings. The fraction of sp³-hybridized carbons (Fsp3) is 0.261. The van der Waals surface area contributed by atoms with E-state index in [1.54, 1.807) is 35.2 Å². The summed E-state index contributed by atoms with van der Waals surface area (Å²) in [5.41, 5.74) is 1.18. The predicted octanol–water partition coefficient (Wildman–Crippen LogP) is 3.29. The highest BCUT2D eigenvalue weighted by Crippen LogP contribution is 2.38. The van der Waals surface area contributed by atoms with Crippen molar-refractivity contribution in [3.8, 4) is 18.4 Å². The Labute approximate surface area is 168 Å². The van der Waals surface area contributed by atoms with Crippen LogP contribution in [0.15, 0.2) is 42.5 Å². The molecule has 5 nitrogen and oxygen atoms in total. The van der Waals surface area contributed by atoms with E-state index in [2.05, 4.69) is 11.2 Å². The second-order valence-corrected chi connectivity index (χ2v) is 7.37. The van der Waals surface area contributed by atoms with Crippen LogP contribution in [0.5, 0.6) is 0 Å². The van der Waals surface area contributed by atoms with Gasteiger partial charge in [-0.1, -0.05) is 24.1 Å². The molecule has 1 fully saturated rings. The number of hydrogen-bond donors (Lipinski definition) is 1. The molecule has 0 saturated heterocycles. The molecule has 2 amide bonds. The van der Waals surface area contributed by atoms with Crippen molar-refractivity contribution in [2.24, 2.45) is 5.92 Å². The summed E-state index contributed by atoms with van der Waals surface area (Å²) < 4.78 is 13.6. The maximum atomic E-state index is 13.6. The largest absolute Gasteiger partial charge is 0.325 e. The highest BCUT2D eigenvalue weighted by molar-refractivity contribution is 6.04. The molecule has 1 saturated carbocycles. The van der Waals surface area contributed by atoms with Crippen LogP contribution in [0.3, 0.4) is 0 Å². The van der Waals surface area contributed by atoms with E-state index in [9.17, 15) is 14.0 Å². The molecule has 1 aliphatic heterocycles. The number of anilines is 1. The lowest BCUT2D eigenvalue weighted by molar-refractivity contribution is -0.118. The fourth-order valence-electron chi connectivity index (χ4n) is 3.75. The van der Waals surface area contributed by atoms with Crippen molar-refractivity contribution in [2.75, 3.05) is 11.9 Å². The SMILES string of the molecule is C#CC1C(C(=O)Nc2ccc(F)c(C#N)c2)c2ccccc2C(=O)N1CC1CC1. The van der Waals surface area contributed by atoms with Crippen molar-refractivity contribution in [3.63, 3.8) is 0 Å². The number of carbonyl (C=O) groups excluding carboxylic acids is 2. The highest BCUT2D eigenvalue weighted by atomic mass is 19.1. The highest BCUT2D eigenvalue weighted by Gasteiger charge is 2.44. The van der Waals surface area contributed by atoms with Gasteiger partial charge >= 0.3 is 0 Å². The van der Waals surface area contributed by atoms with Crippen molar-refractivity contribution in [1.29, 1.82) is 5.26 Å². The standard InChI is InChI=1S/C23H18FN3O2/c1-2-20-21(22(28)26-16-9-10-19(24)15(11-16)12-25)17-5-3-4-6-18(17)23(29)27(20)13-14-7-8-14/h1,3-6,9-11,14,20-21H,7-8,13H2,(H,26,28). The molecule has 144 valence electrons. The Morgan fingerprint density at radius 1 is 1.28 bits per heavy atom. The second-order valence-electron chi connectivity index (χ2n) is 7.37. The summed E-state index contributed by atoms with van der Waals surface area (Å²) in [6, 6.07) is 11.8. The number of nitriles is 1. The Morgan fingerprint density at radius 2 is 2.03 bits per heavy atom. The van der Waals surface area contributed by atoms with Gasteiger partial charge in [0.05, 0.1) is 11.5 Å². The topological polar surface area (TPSA) is 73.2 Å². The van der Waals surface area contributed by atoms with Crippen molar-refractivity contribution in [3.05, 3.63) is 65.0 Å². The predicted molar refractivity (Wildman–Crippen MR) is 105 cm³/mol. The summed E-state index contributed by atoms with van der Waals surface area (Å²) in [6.07, 6.45) is 7.88. The minimum absolute atomic E-state index is 0.159. The third-order valence-corrected chi connectivity index (χ3v) is 5.40. The van der Waals surface area contributed by atoms with Crippen LogP contribution in [-0.4, -0.2) is 29.3 Å². The van der Waals surface area contributed by atoms with E-state index in [1.165, 1.54) is 12.1 Å². The quantitative estimate of drug-likeness (QED) is 0.819. The Hall–Kier alpha value is -3.64. The number of halogens is 1. The van der Waals surface area contributed by atoms with E-state index in [1.807, 2.05) is 0 Å². The van der Waals surface area contributed by atoms with Crippen LogP contribution < -0.4 is 5.32 Å². The summed E-state index contributed by atoms with van der Waals surface area (Å²) in [6.45, 7) is 0.529. The van der Waals surface area contributed by atoms with E-state index in [4.69, 9.17) is 11.7 Å².